The maximum absolute atomic E-state index is 5.58. The second kappa shape index (κ2) is 5.09. The lowest BCUT2D eigenvalue weighted by Gasteiger charge is -2.30. The first-order valence-corrected chi connectivity index (χ1v) is 8.32. The van der Waals surface area contributed by atoms with E-state index < -0.39 is 0 Å². The average molecular weight is 337 g/mol. The summed E-state index contributed by atoms with van der Waals surface area (Å²) in [7, 11) is 5.49. The predicted octanol–water partition coefficient (Wildman–Crippen LogP) is 3.30. The largest absolute Gasteiger partial charge is 0.493 e. The van der Waals surface area contributed by atoms with Crippen LogP contribution in [-0.4, -0.2) is 33.0 Å². The zero-order valence-electron chi connectivity index (χ0n) is 14.5. The summed E-state index contributed by atoms with van der Waals surface area (Å²) in [5.41, 5.74) is 7.61. The summed E-state index contributed by atoms with van der Waals surface area (Å²) in [4.78, 5) is 2.30. The number of hydrogen-bond acceptors (Lipinski definition) is 5. The molecule has 0 saturated carbocycles. The van der Waals surface area contributed by atoms with E-state index in [0.29, 0.717) is 6.79 Å². The van der Waals surface area contributed by atoms with Crippen molar-refractivity contribution in [1.82, 2.24) is 4.90 Å². The zero-order chi connectivity index (χ0) is 17.1. The molecule has 0 spiro atoms. The van der Waals surface area contributed by atoms with Gasteiger partial charge in [-0.1, -0.05) is 0 Å². The van der Waals surface area contributed by atoms with Gasteiger partial charge >= 0.3 is 0 Å². The molecule has 2 aromatic rings. The van der Waals surface area contributed by atoms with E-state index in [9.17, 15) is 0 Å². The Kier molecular flexibility index (Phi) is 2.95. The van der Waals surface area contributed by atoms with Gasteiger partial charge in [0.05, 0.1) is 14.2 Å². The van der Waals surface area contributed by atoms with Gasteiger partial charge in [0, 0.05) is 31.3 Å². The number of nitrogens with zero attached hydrogens (tertiary/aromatic N) is 1. The van der Waals surface area contributed by atoms with Crippen molar-refractivity contribution in [1.29, 1.82) is 0 Å². The number of ether oxygens (including phenoxy) is 4. The molecule has 0 radical (unpaired) electrons. The van der Waals surface area contributed by atoms with Crippen LogP contribution in [0, 0.1) is 0 Å². The molecule has 1 aliphatic carbocycles. The molecule has 5 heteroatoms. The van der Waals surface area contributed by atoms with Crippen molar-refractivity contribution in [3.63, 3.8) is 0 Å². The number of rotatable bonds is 2. The Balaban J connectivity index is 1.69. The first kappa shape index (κ1) is 14.5. The summed E-state index contributed by atoms with van der Waals surface area (Å²) in [5, 5.41) is 0. The minimum absolute atomic E-state index is 0.305. The van der Waals surface area contributed by atoms with Crippen LogP contribution in [0.3, 0.4) is 0 Å². The summed E-state index contributed by atoms with van der Waals surface area (Å²) in [6, 6.07) is 8.42. The minimum atomic E-state index is 0.305. The lowest BCUT2D eigenvalue weighted by atomic mass is 9.93. The summed E-state index contributed by atoms with van der Waals surface area (Å²) >= 11 is 0. The van der Waals surface area contributed by atoms with Gasteiger partial charge in [0.2, 0.25) is 6.79 Å². The third-order valence-electron chi connectivity index (χ3n) is 5.23. The van der Waals surface area contributed by atoms with Crippen LogP contribution in [0.25, 0.3) is 11.3 Å². The zero-order valence-corrected chi connectivity index (χ0v) is 14.5. The van der Waals surface area contributed by atoms with E-state index in [1.54, 1.807) is 14.2 Å². The second-order valence-corrected chi connectivity index (χ2v) is 6.59. The van der Waals surface area contributed by atoms with Crippen LogP contribution < -0.4 is 18.9 Å². The first-order chi connectivity index (χ1) is 12.2. The lowest BCUT2D eigenvalue weighted by molar-refractivity contribution is 0.174. The summed E-state index contributed by atoms with van der Waals surface area (Å²) in [6.45, 7) is 1.14. The Labute approximate surface area is 146 Å². The Bertz CT molecular complexity index is 932. The van der Waals surface area contributed by atoms with E-state index in [1.165, 1.54) is 33.5 Å². The quantitative estimate of drug-likeness (QED) is 0.841. The van der Waals surface area contributed by atoms with Crippen molar-refractivity contribution in [2.24, 2.45) is 0 Å². The van der Waals surface area contributed by atoms with Crippen LogP contribution >= 0.6 is 0 Å². The molecule has 2 aliphatic heterocycles. The third kappa shape index (κ3) is 1.95. The molecule has 0 N–H and O–H groups in total. The first-order valence-electron chi connectivity index (χ1n) is 8.32. The SMILES string of the molecule is COc1cc2c(cc1OC)C1=C(c3cc4c(cc3C1)OCO4)N(C)C2. The lowest BCUT2D eigenvalue weighted by Crippen LogP contribution is -2.21. The highest BCUT2D eigenvalue weighted by Gasteiger charge is 2.33. The Hall–Kier alpha value is -2.82. The van der Waals surface area contributed by atoms with Crippen LogP contribution in [0.4, 0.5) is 0 Å². The number of fused-ring (bicyclic) bond motifs is 5. The minimum Gasteiger partial charge on any atom is -0.493 e. The molecule has 5 nitrogen and oxygen atoms in total. The van der Waals surface area contributed by atoms with Crippen LogP contribution in [-0.2, 0) is 13.0 Å². The Morgan fingerprint density at radius 2 is 1.60 bits per heavy atom. The van der Waals surface area contributed by atoms with Crippen LogP contribution in [0.15, 0.2) is 24.3 Å². The normalized spacial score (nSPS) is 16.5. The van der Waals surface area contributed by atoms with Crippen LogP contribution in [0.2, 0.25) is 0 Å². The second-order valence-electron chi connectivity index (χ2n) is 6.59. The molecule has 0 atom stereocenters. The predicted molar refractivity (Wildman–Crippen MR) is 94.1 cm³/mol. The molecule has 2 heterocycles. The van der Waals surface area contributed by atoms with Gasteiger partial charge in [0.15, 0.2) is 23.0 Å². The number of benzene rings is 2. The van der Waals surface area contributed by atoms with E-state index in [-0.39, 0.29) is 0 Å². The summed E-state index contributed by atoms with van der Waals surface area (Å²) in [6.07, 6.45) is 0.883. The van der Waals surface area contributed by atoms with Crippen LogP contribution in [0.1, 0.15) is 22.3 Å². The standard InChI is InChI=1S/C20H19NO4/c1-21-9-12-6-16(22-2)17(23-3)7-13(12)15-4-11-5-18-19(25-10-24-18)8-14(11)20(15)21/h5-8H,4,9-10H2,1-3H3. The van der Waals surface area contributed by atoms with E-state index in [1.807, 2.05) is 0 Å². The molecule has 0 aromatic heterocycles. The fourth-order valence-corrected chi connectivity index (χ4v) is 4.11. The van der Waals surface area contributed by atoms with E-state index >= 15 is 0 Å². The summed E-state index contributed by atoms with van der Waals surface area (Å²) < 4.78 is 22.1. The molecular weight excluding hydrogens is 318 g/mol. The van der Waals surface area contributed by atoms with Crippen molar-refractivity contribution < 1.29 is 18.9 Å². The van der Waals surface area contributed by atoms with Crippen molar-refractivity contribution in [2.45, 2.75) is 13.0 Å². The van der Waals surface area contributed by atoms with Crippen molar-refractivity contribution >= 4 is 11.3 Å². The average Bonchev–Trinajstić information content (AvgIpc) is 3.22. The molecule has 5 rings (SSSR count). The highest BCUT2D eigenvalue weighted by atomic mass is 16.7. The maximum atomic E-state index is 5.58. The monoisotopic (exact) mass is 337 g/mol. The molecule has 0 saturated heterocycles. The molecule has 128 valence electrons. The number of allylic oxidation sites excluding steroid dienone is 1. The smallest absolute Gasteiger partial charge is 0.231 e. The third-order valence-corrected chi connectivity index (χ3v) is 5.23. The molecule has 3 aliphatic rings. The molecule has 0 bridgehead atoms. The van der Waals surface area contributed by atoms with E-state index in [2.05, 4.69) is 36.2 Å². The van der Waals surface area contributed by atoms with Gasteiger partial charge in [-0.2, -0.15) is 0 Å². The Morgan fingerprint density at radius 3 is 2.36 bits per heavy atom. The van der Waals surface area contributed by atoms with Gasteiger partial charge < -0.3 is 23.8 Å². The van der Waals surface area contributed by atoms with Crippen LogP contribution in [0.5, 0.6) is 23.0 Å². The summed E-state index contributed by atoms with van der Waals surface area (Å²) in [5.74, 6) is 3.21. The van der Waals surface area contributed by atoms with E-state index in [4.69, 9.17) is 18.9 Å². The van der Waals surface area contributed by atoms with Gasteiger partial charge in [0.1, 0.15) is 0 Å². The molecular formula is C20H19NO4. The fourth-order valence-electron chi connectivity index (χ4n) is 4.11. The molecule has 0 fully saturated rings. The molecule has 25 heavy (non-hydrogen) atoms. The number of hydrogen-bond donors (Lipinski definition) is 0. The molecule has 0 unspecified atom stereocenters. The topological polar surface area (TPSA) is 40.2 Å². The number of methoxy groups -OCH3 is 2. The van der Waals surface area contributed by atoms with Gasteiger partial charge in [0.25, 0.3) is 0 Å². The van der Waals surface area contributed by atoms with Gasteiger partial charge in [-0.25, -0.2) is 0 Å². The van der Waals surface area contributed by atoms with Crippen molar-refractivity contribution in [2.75, 3.05) is 28.1 Å². The molecule has 2 aromatic carbocycles. The van der Waals surface area contributed by atoms with Gasteiger partial charge in [-0.05, 0) is 46.5 Å². The van der Waals surface area contributed by atoms with Gasteiger partial charge in [-0.3, -0.25) is 0 Å². The molecule has 0 amide bonds. The van der Waals surface area contributed by atoms with Crippen molar-refractivity contribution in [3.8, 4) is 23.0 Å². The van der Waals surface area contributed by atoms with Gasteiger partial charge in [-0.15, -0.1) is 0 Å². The fraction of sp³-hybridized carbons (Fsp3) is 0.300. The van der Waals surface area contributed by atoms with Crippen molar-refractivity contribution in [3.05, 3.63) is 46.5 Å². The van der Waals surface area contributed by atoms with E-state index in [0.717, 1.165) is 36.0 Å². The highest BCUT2D eigenvalue weighted by Crippen LogP contribution is 2.49. The Morgan fingerprint density at radius 1 is 0.880 bits per heavy atom. The highest BCUT2D eigenvalue weighted by molar-refractivity contribution is 5.99. The maximum Gasteiger partial charge on any atom is 0.231 e.